The standard InChI is InChI=1S/C16H22ClN3O/c1-12(2)18-16(11-21,14-7-5-4-6-8-14)10-20-9-15(17)13(3)19-20/h4-9,12,18,21H,10-11H2,1-3H3. The number of hydrogen-bond acceptors (Lipinski definition) is 3. The van der Waals surface area contributed by atoms with E-state index >= 15 is 0 Å². The van der Waals surface area contributed by atoms with Crippen LogP contribution >= 0.6 is 11.6 Å². The molecule has 0 saturated heterocycles. The van der Waals surface area contributed by atoms with Crippen LogP contribution in [0, 0.1) is 6.92 Å². The second kappa shape index (κ2) is 6.60. The zero-order valence-electron chi connectivity index (χ0n) is 12.7. The van der Waals surface area contributed by atoms with Gasteiger partial charge >= 0.3 is 0 Å². The van der Waals surface area contributed by atoms with E-state index in [4.69, 9.17) is 11.6 Å². The normalized spacial score (nSPS) is 14.4. The molecule has 2 aromatic rings. The molecule has 0 bridgehead atoms. The van der Waals surface area contributed by atoms with Crippen LogP contribution in [0.1, 0.15) is 25.1 Å². The Morgan fingerprint density at radius 1 is 1.33 bits per heavy atom. The molecule has 0 aliphatic heterocycles. The van der Waals surface area contributed by atoms with Gasteiger partial charge in [-0.1, -0.05) is 41.9 Å². The van der Waals surface area contributed by atoms with Crippen LogP contribution in [0.3, 0.4) is 0 Å². The topological polar surface area (TPSA) is 50.1 Å². The van der Waals surface area contributed by atoms with Crippen molar-refractivity contribution in [2.24, 2.45) is 0 Å². The van der Waals surface area contributed by atoms with Gasteiger partial charge in [-0.05, 0) is 26.3 Å². The predicted molar refractivity (Wildman–Crippen MR) is 85.5 cm³/mol. The van der Waals surface area contributed by atoms with Crippen molar-refractivity contribution in [1.82, 2.24) is 15.1 Å². The first-order valence-corrected chi connectivity index (χ1v) is 7.48. The quantitative estimate of drug-likeness (QED) is 0.863. The zero-order chi connectivity index (χ0) is 15.5. The summed E-state index contributed by atoms with van der Waals surface area (Å²) >= 11 is 6.09. The van der Waals surface area contributed by atoms with Gasteiger partial charge in [0.05, 0.1) is 29.4 Å². The SMILES string of the molecule is Cc1nn(CC(CO)(NC(C)C)c2ccccc2)cc1Cl. The average molecular weight is 308 g/mol. The van der Waals surface area contributed by atoms with Gasteiger partial charge in [0.1, 0.15) is 0 Å². The third-order valence-electron chi connectivity index (χ3n) is 3.48. The van der Waals surface area contributed by atoms with Crippen LogP contribution in [0.4, 0.5) is 0 Å². The Balaban J connectivity index is 2.39. The number of halogens is 1. The second-order valence-corrected chi connectivity index (χ2v) is 6.07. The maximum atomic E-state index is 10.1. The fraction of sp³-hybridized carbons (Fsp3) is 0.438. The summed E-state index contributed by atoms with van der Waals surface area (Å²) in [5.74, 6) is 0. The highest BCUT2D eigenvalue weighted by atomic mass is 35.5. The second-order valence-electron chi connectivity index (χ2n) is 5.67. The molecule has 1 unspecified atom stereocenters. The van der Waals surface area contributed by atoms with Gasteiger partial charge in [0.15, 0.2) is 0 Å². The molecule has 114 valence electrons. The van der Waals surface area contributed by atoms with Crippen LogP contribution < -0.4 is 5.32 Å². The smallest absolute Gasteiger partial charge is 0.0869 e. The first-order chi connectivity index (χ1) is 9.97. The molecule has 2 rings (SSSR count). The molecule has 0 aliphatic carbocycles. The van der Waals surface area contributed by atoms with Crippen molar-refractivity contribution in [3.8, 4) is 0 Å². The summed E-state index contributed by atoms with van der Waals surface area (Å²) in [6, 6.07) is 10.2. The van der Waals surface area contributed by atoms with Gasteiger partial charge in [-0.2, -0.15) is 5.10 Å². The summed E-state index contributed by atoms with van der Waals surface area (Å²) in [5.41, 5.74) is 1.24. The summed E-state index contributed by atoms with van der Waals surface area (Å²) in [6.07, 6.45) is 1.80. The maximum Gasteiger partial charge on any atom is 0.0869 e. The van der Waals surface area contributed by atoms with Crippen LogP contribution in [-0.4, -0.2) is 27.5 Å². The van der Waals surface area contributed by atoms with E-state index in [0.29, 0.717) is 11.6 Å². The lowest BCUT2D eigenvalue weighted by Gasteiger charge is -2.35. The van der Waals surface area contributed by atoms with Crippen molar-refractivity contribution in [3.05, 3.63) is 52.8 Å². The highest BCUT2D eigenvalue weighted by molar-refractivity contribution is 6.31. The Bertz CT molecular complexity index is 563. The summed E-state index contributed by atoms with van der Waals surface area (Å²) in [6.45, 7) is 6.49. The largest absolute Gasteiger partial charge is 0.394 e. The first-order valence-electron chi connectivity index (χ1n) is 7.10. The molecule has 5 heteroatoms. The van der Waals surface area contributed by atoms with Crippen LogP contribution in [0.2, 0.25) is 5.02 Å². The number of benzene rings is 1. The minimum Gasteiger partial charge on any atom is -0.394 e. The van der Waals surface area contributed by atoms with Crippen molar-refractivity contribution in [1.29, 1.82) is 0 Å². The lowest BCUT2D eigenvalue weighted by Crippen LogP contribution is -2.51. The highest BCUT2D eigenvalue weighted by Gasteiger charge is 2.33. The highest BCUT2D eigenvalue weighted by Crippen LogP contribution is 2.25. The van der Waals surface area contributed by atoms with Crippen molar-refractivity contribution in [2.45, 2.75) is 38.9 Å². The molecule has 1 aromatic heterocycles. The fourth-order valence-corrected chi connectivity index (χ4v) is 2.72. The van der Waals surface area contributed by atoms with Gasteiger partial charge in [0.25, 0.3) is 0 Å². The molecule has 1 aromatic carbocycles. The van der Waals surface area contributed by atoms with E-state index in [9.17, 15) is 5.11 Å². The molecule has 0 amide bonds. The van der Waals surface area contributed by atoms with E-state index in [2.05, 4.69) is 24.3 Å². The van der Waals surface area contributed by atoms with Crippen molar-refractivity contribution in [3.63, 3.8) is 0 Å². The van der Waals surface area contributed by atoms with E-state index in [1.165, 1.54) is 0 Å². The molecule has 1 heterocycles. The van der Waals surface area contributed by atoms with E-state index in [-0.39, 0.29) is 12.6 Å². The van der Waals surface area contributed by atoms with Crippen molar-refractivity contribution >= 4 is 11.6 Å². The third kappa shape index (κ3) is 3.64. The maximum absolute atomic E-state index is 10.1. The Morgan fingerprint density at radius 2 is 2.00 bits per heavy atom. The molecule has 21 heavy (non-hydrogen) atoms. The van der Waals surface area contributed by atoms with Crippen LogP contribution in [0.5, 0.6) is 0 Å². The minimum atomic E-state index is -0.586. The van der Waals surface area contributed by atoms with E-state index < -0.39 is 5.54 Å². The van der Waals surface area contributed by atoms with Gasteiger partial charge in [0, 0.05) is 12.2 Å². The summed E-state index contributed by atoms with van der Waals surface area (Å²) < 4.78 is 1.79. The molecular formula is C16H22ClN3O. The third-order valence-corrected chi connectivity index (χ3v) is 3.85. The number of aryl methyl sites for hydroxylation is 1. The van der Waals surface area contributed by atoms with Crippen molar-refractivity contribution in [2.75, 3.05) is 6.61 Å². The Hall–Kier alpha value is -1.36. The van der Waals surface area contributed by atoms with Crippen LogP contribution in [0.15, 0.2) is 36.5 Å². The molecule has 4 nitrogen and oxygen atoms in total. The molecule has 0 fully saturated rings. The molecule has 0 radical (unpaired) electrons. The molecular weight excluding hydrogens is 286 g/mol. The monoisotopic (exact) mass is 307 g/mol. The predicted octanol–water partition coefficient (Wildman–Crippen LogP) is 2.73. The van der Waals surface area contributed by atoms with Gasteiger partial charge in [-0.3, -0.25) is 4.68 Å². The Kier molecular flexibility index (Phi) is 5.04. The number of aliphatic hydroxyl groups is 1. The molecule has 0 spiro atoms. The first kappa shape index (κ1) is 16.0. The number of nitrogens with zero attached hydrogens (tertiary/aromatic N) is 2. The Labute approximate surface area is 130 Å². The van der Waals surface area contributed by atoms with E-state index in [1.54, 1.807) is 10.9 Å². The summed E-state index contributed by atoms with van der Waals surface area (Å²) in [5, 5.41) is 18.6. The number of aromatic nitrogens is 2. The van der Waals surface area contributed by atoms with Gasteiger partial charge < -0.3 is 10.4 Å². The number of nitrogens with one attached hydrogen (secondary N) is 1. The molecule has 0 aliphatic rings. The van der Waals surface area contributed by atoms with Gasteiger partial charge in [0.2, 0.25) is 0 Å². The van der Waals surface area contributed by atoms with Crippen LogP contribution in [0.25, 0.3) is 0 Å². The van der Waals surface area contributed by atoms with E-state index in [0.717, 1.165) is 11.3 Å². The van der Waals surface area contributed by atoms with Gasteiger partial charge in [-0.25, -0.2) is 0 Å². The molecule has 0 saturated carbocycles. The molecule has 2 N–H and O–H groups in total. The number of aliphatic hydroxyl groups excluding tert-OH is 1. The molecule has 1 atom stereocenters. The van der Waals surface area contributed by atoms with Crippen molar-refractivity contribution < 1.29 is 5.11 Å². The van der Waals surface area contributed by atoms with E-state index in [1.807, 2.05) is 37.3 Å². The summed E-state index contributed by atoms with van der Waals surface area (Å²) in [7, 11) is 0. The zero-order valence-corrected chi connectivity index (χ0v) is 13.4. The Morgan fingerprint density at radius 3 is 2.48 bits per heavy atom. The van der Waals surface area contributed by atoms with Crippen LogP contribution in [-0.2, 0) is 12.1 Å². The lowest BCUT2D eigenvalue weighted by atomic mass is 9.89. The average Bonchev–Trinajstić information content (AvgIpc) is 2.76. The number of hydrogen-bond donors (Lipinski definition) is 2. The minimum absolute atomic E-state index is 0.0221. The summed E-state index contributed by atoms with van der Waals surface area (Å²) in [4.78, 5) is 0. The number of rotatable bonds is 6. The van der Waals surface area contributed by atoms with Gasteiger partial charge in [-0.15, -0.1) is 0 Å². The fourth-order valence-electron chi connectivity index (χ4n) is 2.57. The lowest BCUT2D eigenvalue weighted by molar-refractivity contribution is 0.128.